The van der Waals surface area contributed by atoms with Crippen molar-refractivity contribution in [2.24, 2.45) is 17.6 Å². The number of fused-ring (bicyclic) bond motifs is 2. The van der Waals surface area contributed by atoms with Gasteiger partial charge in [0.2, 0.25) is 0 Å². The van der Waals surface area contributed by atoms with Gasteiger partial charge in [-0.05, 0) is 48.3 Å². The fraction of sp³-hybridized carbons (Fsp3) is 0.529. The summed E-state index contributed by atoms with van der Waals surface area (Å²) >= 11 is 0. The average Bonchev–Trinajstić information content (AvgIpc) is 3.14. The van der Waals surface area contributed by atoms with Crippen molar-refractivity contribution in [1.82, 2.24) is 5.32 Å². The molecule has 106 valence electrons. The van der Waals surface area contributed by atoms with Crippen LogP contribution < -0.4 is 11.1 Å². The van der Waals surface area contributed by atoms with Gasteiger partial charge in [0.15, 0.2) is 5.88 Å². The van der Waals surface area contributed by atoms with E-state index in [-0.39, 0.29) is 0 Å². The lowest BCUT2D eigenvalue weighted by Gasteiger charge is -2.32. The molecule has 4 rings (SSSR count). The van der Waals surface area contributed by atoms with Gasteiger partial charge in [-0.2, -0.15) is 0 Å². The molecule has 1 aromatic rings. The molecule has 1 aromatic carbocycles. The molecule has 4 unspecified atom stereocenters. The maximum atomic E-state index is 6.54. The number of rotatable bonds is 1. The topological polar surface area (TPSA) is 47.3 Å². The molecule has 1 saturated heterocycles. The third-order valence-corrected chi connectivity index (χ3v) is 5.35. The Labute approximate surface area is 120 Å². The van der Waals surface area contributed by atoms with Crippen LogP contribution >= 0.6 is 0 Å². The second-order valence-corrected chi connectivity index (χ2v) is 6.40. The van der Waals surface area contributed by atoms with Crippen molar-refractivity contribution >= 4 is 0 Å². The van der Waals surface area contributed by atoms with Gasteiger partial charge in [-0.25, -0.2) is 0 Å². The van der Waals surface area contributed by atoms with Crippen molar-refractivity contribution in [1.29, 1.82) is 0 Å². The molecule has 2 saturated carbocycles. The third kappa shape index (κ3) is 1.69. The maximum Gasteiger partial charge on any atom is 0.186 e. The quantitative estimate of drug-likeness (QED) is 0.823. The standard InChI is InChI=1S/C17H22N2O/c1-10-4-2-3-5-12(10)15-13-8-11(16(15)18)9-14(13)17-19-6-7-20-17/h2-5,11,13,15-16,19H,6-9,18H2,1H3. The number of ether oxygens (including phenoxy) is 1. The number of hydrogen-bond donors (Lipinski definition) is 2. The van der Waals surface area contributed by atoms with E-state index in [0.717, 1.165) is 25.5 Å². The molecular formula is C17H22N2O. The highest BCUT2D eigenvalue weighted by Crippen LogP contribution is 2.56. The molecule has 20 heavy (non-hydrogen) atoms. The summed E-state index contributed by atoms with van der Waals surface area (Å²) in [5.74, 6) is 2.71. The van der Waals surface area contributed by atoms with E-state index in [1.54, 1.807) is 0 Å². The van der Waals surface area contributed by atoms with Crippen LogP contribution in [0.2, 0.25) is 0 Å². The zero-order chi connectivity index (χ0) is 13.7. The van der Waals surface area contributed by atoms with Crippen molar-refractivity contribution in [3.8, 4) is 0 Å². The van der Waals surface area contributed by atoms with Crippen LogP contribution in [0.25, 0.3) is 0 Å². The molecule has 2 aliphatic carbocycles. The van der Waals surface area contributed by atoms with Gasteiger partial charge < -0.3 is 15.8 Å². The zero-order valence-corrected chi connectivity index (χ0v) is 11.9. The molecular weight excluding hydrogens is 248 g/mol. The molecule has 3 nitrogen and oxygen atoms in total. The highest BCUT2D eigenvalue weighted by atomic mass is 16.5. The van der Waals surface area contributed by atoms with Crippen LogP contribution in [-0.4, -0.2) is 19.2 Å². The Morgan fingerprint density at radius 3 is 2.85 bits per heavy atom. The van der Waals surface area contributed by atoms with Crippen LogP contribution in [0, 0.1) is 18.8 Å². The van der Waals surface area contributed by atoms with Crippen molar-refractivity contribution in [3.63, 3.8) is 0 Å². The molecule has 1 aliphatic heterocycles. The predicted molar refractivity (Wildman–Crippen MR) is 79.1 cm³/mol. The molecule has 0 amide bonds. The van der Waals surface area contributed by atoms with Gasteiger partial charge in [-0.3, -0.25) is 0 Å². The Hall–Kier alpha value is -1.48. The lowest BCUT2D eigenvalue weighted by molar-refractivity contribution is 0.252. The molecule has 3 N–H and O–H groups in total. The van der Waals surface area contributed by atoms with Gasteiger partial charge in [0.25, 0.3) is 0 Å². The fourth-order valence-corrected chi connectivity index (χ4v) is 4.42. The summed E-state index contributed by atoms with van der Waals surface area (Å²) in [6.07, 6.45) is 2.35. The van der Waals surface area contributed by atoms with E-state index in [1.165, 1.54) is 23.1 Å². The van der Waals surface area contributed by atoms with Crippen LogP contribution in [0.4, 0.5) is 0 Å². The van der Waals surface area contributed by atoms with Crippen molar-refractivity contribution in [2.75, 3.05) is 13.2 Å². The lowest BCUT2D eigenvalue weighted by Crippen LogP contribution is -2.36. The summed E-state index contributed by atoms with van der Waals surface area (Å²) in [4.78, 5) is 0. The molecule has 0 aromatic heterocycles. The molecule has 4 atom stereocenters. The van der Waals surface area contributed by atoms with Crippen LogP contribution in [0.3, 0.4) is 0 Å². The van der Waals surface area contributed by atoms with Gasteiger partial charge in [0.05, 0.1) is 6.54 Å². The number of nitrogens with one attached hydrogen (secondary N) is 1. The van der Waals surface area contributed by atoms with E-state index >= 15 is 0 Å². The smallest absolute Gasteiger partial charge is 0.186 e. The molecule has 3 heteroatoms. The number of benzene rings is 1. The van der Waals surface area contributed by atoms with Gasteiger partial charge >= 0.3 is 0 Å². The van der Waals surface area contributed by atoms with Crippen LogP contribution in [0.15, 0.2) is 35.7 Å². The minimum atomic E-state index is 0.298. The van der Waals surface area contributed by atoms with Gasteiger partial charge in [0, 0.05) is 12.0 Å². The first-order chi connectivity index (χ1) is 9.75. The summed E-state index contributed by atoms with van der Waals surface area (Å²) in [6, 6.07) is 9.00. The fourth-order valence-electron chi connectivity index (χ4n) is 4.42. The molecule has 2 bridgehead atoms. The van der Waals surface area contributed by atoms with Crippen molar-refractivity contribution < 1.29 is 4.74 Å². The monoisotopic (exact) mass is 270 g/mol. The lowest BCUT2D eigenvalue weighted by atomic mass is 9.76. The van der Waals surface area contributed by atoms with E-state index < -0.39 is 0 Å². The highest BCUT2D eigenvalue weighted by molar-refractivity contribution is 5.38. The Bertz CT molecular complexity index is 558. The van der Waals surface area contributed by atoms with Gasteiger partial charge in [-0.15, -0.1) is 0 Å². The number of allylic oxidation sites excluding steroid dienone is 1. The Balaban J connectivity index is 1.74. The van der Waals surface area contributed by atoms with E-state index in [9.17, 15) is 0 Å². The largest absolute Gasteiger partial charge is 0.477 e. The zero-order valence-electron chi connectivity index (χ0n) is 11.9. The van der Waals surface area contributed by atoms with Gasteiger partial charge in [0.1, 0.15) is 6.61 Å². The SMILES string of the molecule is Cc1ccccc1C1C2CC(CC2=C2NCCO2)C1N. The van der Waals surface area contributed by atoms with Crippen LogP contribution in [0.1, 0.15) is 29.9 Å². The number of aryl methyl sites for hydroxylation is 1. The molecule has 0 radical (unpaired) electrons. The van der Waals surface area contributed by atoms with E-state index in [0.29, 0.717) is 23.8 Å². The summed E-state index contributed by atoms with van der Waals surface area (Å²) in [5, 5.41) is 3.40. The first kappa shape index (κ1) is 12.3. The summed E-state index contributed by atoms with van der Waals surface area (Å²) in [6.45, 7) is 3.94. The summed E-state index contributed by atoms with van der Waals surface area (Å²) < 4.78 is 5.77. The second kappa shape index (κ2) is 4.52. The number of hydrogen-bond acceptors (Lipinski definition) is 3. The first-order valence-electron chi connectivity index (χ1n) is 7.66. The second-order valence-electron chi connectivity index (χ2n) is 6.40. The van der Waals surface area contributed by atoms with E-state index in [4.69, 9.17) is 10.5 Å². The van der Waals surface area contributed by atoms with Crippen LogP contribution in [-0.2, 0) is 4.74 Å². The van der Waals surface area contributed by atoms with Gasteiger partial charge in [-0.1, -0.05) is 24.3 Å². The van der Waals surface area contributed by atoms with Crippen LogP contribution in [0.5, 0.6) is 0 Å². The minimum absolute atomic E-state index is 0.298. The van der Waals surface area contributed by atoms with Crippen molar-refractivity contribution in [3.05, 3.63) is 46.8 Å². The molecule has 0 spiro atoms. The Morgan fingerprint density at radius 2 is 2.15 bits per heavy atom. The average molecular weight is 270 g/mol. The number of nitrogens with two attached hydrogens (primary N) is 1. The molecule has 3 fully saturated rings. The first-order valence-corrected chi connectivity index (χ1v) is 7.66. The van der Waals surface area contributed by atoms with E-state index in [2.05, 4.69) is 36.5 Å². The highest BCUT2D eigenvalue weighted by Gasteiger charge is 2.51. The van der Waals surface area contributed by atoms with Crippen molar-refractivity contribution in [2.45, 2.75) is 31.7 Å². The van der Waals surface area contributed by atoms with E-state index in [1.807, 2.05) is 0 Å². The summed E-state index contributed by atoms with van der Waals surface area (Å²) in [7, 11) is 0. The minimum Gasteiger partial charge on any atom is -0.477 e. The normalized spacial score (nSPS) is 38.9. The third-order valence-electron chi connectivity index (χ3n) is 5.35. The Kier molecular flexibility index (Phi) is 2.77. The Morgan fingerprint density at radius 1 is 1.30 bits per heavy atom. The summed E-state index contributed by atoms with van der Waals surface area (Å²) in [5.41, 5.74) is 10.8. The maximum absolute atomic E-state index is 6.54. The predicted octanol–water partition coefficient (Wildman–Crippen LogP) is 2.28. The molecule has 1 heterocycles. The molecule has 3 aliphatic rings.